The Kier molecular flexibility index (Phi) is 8.57. The third-order valence-electron chi connectivity index (χ3n) is 4.57. The molecule has 0 aromatic heterocycles. The van der Waals surface area contributed by atoms with Crippen LogP contribution in [0.15, 0.2) is 34.9 Å². The van der Waals surface area contributed by atoms with Crippen molar-refractivity contribution in [1.82, 2.24) is 0 Å². The maximum absolute atomic E-state index is 11.8. The van der Waals surface area contributed by atoms with Crippen molar-refractivity contribution < 1.29 is 9.59 Å². The number of Topliss-reactive ketones (excluding diaryl/α,β-unsaturated/α-hetero) is 2. The quantitative estimate of drug-likeness (QED) is 0.478. The highest BCUT2D eigenvalue weighted by molar-refractivity contribution is 6.03. The van der Waals surface area contributed by atoms with Crippen LogP contribution in [0.5, 0.6) is 0 Å². The number of rotatable bonds is 8. The molecule has 0 spiro atoms. The van der Waals surface area contributed by atoms with Crippen LogP contribution in [-0.4, -0.2) is 11.6 Å². The summed E-state index contributed by atoms with van der Waals surface area (Å²) in [6, 6.07) is 3.23. The number of hydrogen-bond donors (Lipinski definition) is 0. The van der Waals surface area contributed by atoms with E-state index in [9.17, 15) is 9.59 Å². The van der Waals surface area contributed by atoms with E-state index in [0.29, 0.717) is 12.8 Å². The lowest BCUT2D eigenvalue weighted by Crippen LogP contribution is -2.31. The lowest BCUT2D eigenvalue weighted by atomic mass is 9.74. The van der Waals surface area contributed by atoms with Crippen LogP contribution in [-0.2, 0) is 9.59 Å². The van der Waals surface area contributed by atoms with Crippen LogP contribution in [0.3, 0.4) is 0 Å². The van der Waals surface area contributed by atoms with Gasteiger partial charge in [-0.1, -0.05) is 34.9 Å². The predicted octanol–water partition coefficient (Wildman–Crippen LogP) is 4.60. The fraction of sp³-hybridized carbons (Fsp3) is 0.524. The highest BCUT2D eigenvalue weighted by Crippen LogP contribution is 2.33. The smallest absolute Gasteiger partial charge is 0.236 e. The van der Waals surface area contributed by atoms with Gasteiger partial charge in [-0.25, -0.2) is 0 Å². The van der Waals surface area contributed by atoms with Gasteiger partial charge in [0.25, 0.3) is 0 Å². The van der Waals surface area contributed by atoms with Crippen molar-refractivity contribution in [3.8, 4) is 12.1 Å². The van der Waals surface area contributed by atoms with E-state index in [-0.39, 0.29) is 0 Å². The molecule has 0 aromatic carbocycles. The second-order valence-corrected chi connectivity index (χ2v) is 6.88. The maximum atomic E-state index is 11.8. The van der Waals surface area contributed by atoms with E-state index in [1.54, 1.807) is 12.1 Å². The molecule has 0 aromatic rings. The molecule has 0 aliphatic heterocycles. The monoisotopic (exact) mass is 338 g/mol. The molecule has 2 unspecified atom stereocenters. The first-order valence-electron chi connectivity index (χ1n) is 8.73. The molecule has 4 heteroatoms. The summed E-state index contributed by atoms with van der Waals surface area (Å²) < 4.78 is 0. The molecule has 1 aliphatic rings. The minimum atomic E-state index is -0.667. The Morgan fingerprint density at radius 1 is 1.08 bits per heavy atom. The van der Waals surface area contributed by atoms with Crippen LogP contribution in [0, 0.1) is 34.5 Å². The molecule has 0 radical (unpaired) electrons. The first-order chi connectivity index (χ1) is 11.9. The Labute approximate surface area is 150 Å². The van der Waals surface area contributed by atoms with Crippen LogP contribution >= 0.6 is 0 Å². The zero-order chi connectivity index (χ0) is 18.8. The Balaban J connectivity index is 2.63. The van der Waals surface area contributed by atoms with Crippen molar-refractivity contribution in [3.63, 3.8) is 0 Å². The standard InChI is InChI=1S/C21H26N2O2/c1-15(2)6-4-7-16(3)8-5-9-17-10-11-18(20(24)13-22)19(12-17)21(25)14-23/h6,8,10,18-19H,4-5,7,9,11-12H2,1-3H3/b16-8+. The summed E-state index contributed by atoms with van der Waals surface area (Å²) in [5.74, 6) is -2.52. The topological polar surface area (TPSA) is 81.7 Å². The van der Waals surface area contributed by atoms with Crippen LogP contribution in [0.4, 0.5) is 0 Å². The van der Waals surface area contributed by atoms with E-state index in [1.165, 1.54) is 11.1 Å². The summed E-state index contributed by atoms with van der Waals surface area (Å²) in [4.78, 5) is 23.5. The summed E-state index contributed by atoms with van der Waals surface area (Å²) in [5.41, 5.74) is 3.77. The fourth-order valence-electron chi connectivity index (χ4n) is 3.10. The number of nitrogens with zero attached hydrogens (tertiary/aromatic N) is 2. The first kappa shape index (κ1) is 20.6. The van der Waals surface area contributed by atoms with Crippen molar-refractivity contribution in [2.24, 2.45) is 11.8 Å². The van der Waals surface area contributed by atoms with E-state index >= 15 is 0 Å². The summed E-state index contributed by atoms with van der Waals surface area (Å²) in [5, 5.41) is 17.7. The molecule has 0 bridgehead atoms. The zero-order valence-electron chi connectivity index (χ0n) is 15.3. The molecular formula is C21H26N2O2. The second kappa shape index (κ2) is 10.4. The van der Waals surface area contributed by atoms with E-state index in [4.69, 9.17) is 10.5 Å². The van der Waals surface area contributed by atoms with Crippen molar-refractivity contribution in [3.05, 3.63) is 34.9 Å². The maximum Gasteiger partial charge on any atom is 0.236 e. The van der Waals surface area contributed by atoms with E-state index < -0.39 is 23.4 Å². The summed E-state index contributed by atoms with van der Waals surface area (Å²) in [6.45, 7) is 6.31. The third kappa shape index (κ3) is 6.89. The molecular weight excluding hydrogens is 312 g/mol. The second-order valence-electron chi connectivity index (χ2n) is 6.88. The number of carbonyl (C=O) groups excluding carboxylic acids is 2. The van der Waals surface area contributed by atoms with Gasteiger partial charge in [-0.2, -0.15) is 10.5 Å². The lowest BCUT2D eigenvalue weighted by Gasteiger charge is -2.26. The highest BCUT2D eigenvalue weighted by atomic mass is 16.1. The van der Waals surface area contributed by atoms with Gasteiger partial charge in [0, 0.05) is 11.8 Å². The van der Waals surface area contributed by atoms with Crippen molar-refractivity contribution in [2.75, 3.05) is 0 Å². The third-order valence-corrected chi connectivity index (χ3v) is 4.57. The minimum Gasteiger partial charge on any atom is -0.282 e. The normalized spacial score (nSPS) is 20.0. The van der Waals surface area contributed by atoms with Gasteiger partial charge in [0.1, 0.15) is 12.1 Å². The Bertz CT molecular complexity index is 680. The Morgan fingerprint density at radius 2 is 1.72 bits per heavy atom. The van der Waals surface area contributed by atoms with Crippen LogP contribution < -0.4 is 0 Å². The predicted molar refractivity (Wildman–Crippen MR) is 97.2 cm³/mol. The molecule has 0 heterocycles. The first-order valence-corrected chi connectivity index (χ1v) is 8.73. The van der Waals surface area contributed by atoms with Gasteiger partial charge < -0.3 is 0 Å². The molecule has 1 aliphatic carbocycles. The number of hydrogen-bond acceptors (Lipinski definition) is 4. The van der Waals surface area contributed by atoms with E-state index in [2.05, 4.69) is 32.9 Å². The molecule has 2 atom stereocenters. The molecule has 25 heavy (non-hydrogen) atoms. The minimum absolute atomic E-state index is 0.378. The number of carbonyl (C=O) groups is 2. The molecule has 0 N–H and O–H groups in total. The number of nitriles is 2. The number of allylic oxidation sites excluding steroid dienone is 6. The van der Waals surface area contributed by atoms with E-state index in [0.717, 1.165) is 31.3 Å². The van der Waals surface area contributed by atoms with Gasteiger partial charge in [0.05, 0.1) is 0 Å². The lowest BCUT2D eigenvalue weighted by molar-refractivity contribution is -0.126. The van der Waals surface area contributed by atoms with E-state index in [1.807, 2.05) is 6.08 Å². The van der Waals surface area contributed by atoms with Gasteiger partial charge in [-0.15, -0.1) is 0 Å². The molecule has 0 fully saturated rings. The van der Waals surface area contributed by atoms with Gasteiger partial charge in [-0.3, -0.25) is 9.59 Å². The zero-order valence-corrected chi connectivity index (χ0v) is 15.3. The average molecular weight is 338 g/mol. The van der Waals surface area contributed by atoms with Gasteiger partial charge in [-0.05, 0) is 59.3 Å². The largest absolute Gasteiger partial charge is 0.282 e. The molecule has 132 valence electrons. The molecule has 0 saturated carbocycles. The number of ketones is 2. The Hall–Kier alpha value is -2.46. The fourth-order valence-corrected chi connectivity index (χ4v) is 3.10. The van der Waals surface area contributed by atoms with Crippen molar-refractivity contribution in [1.29, 1.82) is 10.5 Å². The molecule has 0 saturated heterocycles. The summed E-state index contributed by atoms with van der Waals surface area (Å²) in [7, 11) is 0. The van der Waals surface area contributed by atoms with Crippen molar-refractivity contribution >= 4 is 11.6 Å². The summed E-state index contributed by atoms with van der Waals surface area (Å²) in [6.07, 6.45) is 11.0. The average Bonchev–Trinajstić information content (AvgIpc) is 2.59. The highest BCUT2D eigenvalue weighted by Gasteiger charge is 2.35. The van der Waals surface area contributed by atoms with Crippen LogP contribution in [0.25, 0.3) is 0 Å². The van der Waals surface area contributed by atoms with Gasteiger partial charge >= 0.3 is 0 Å². The van der Waals surface area contributed by atoms with Gasteiger partial charge in [0.2, 0.25) is 11.6 Å². The van der Waals surface area contributed by atoms with Crippen LogP contribution in [0.2, 0.25) is 0 Å². The Morgan fingerprint density at radius 3 is 2.32 bits per heavy atom. The molecule has 0 amide bonds. The molecule has 1 rings (SSSR count). The van der Waals surface area contributed by atoms with Crippen molar-refractivity contribution in [2.45, 2.75) is 59.3 Å². The summed E-state index contributed by atoms with van der Waals surface area (Å²) >= 11 is 0. The van der Waals surface area contributed by atoms with Gasteiger partial charge in [0.15, 0.2) is 0 Å². The SMILES string of the molecule is CC(C)=CCC/C(C)=C/CCC1=CCC(C(=O)C#N)C(C(=O)C#N)C1. The molecule has 4 nitrogen and oxygen atoms in total. The van der Waals surface area contributed by atoms with Crippen LogP contribution in [0.1, 0.15) is 59.3 Å².